The second-order valence-corrected chi connectivity index (χ2v) is 6.75. The van der Waals surface area contributed by atoms with E-state index in [-0.39, 0.29) is 35.5 Å². The molecule has 4 aliphatic rings. The highest BCUT2D eigenvalue weighted by molar-refractivity contribution is 9.10. The van der Waals surface area contributed by atoms with E-state index in [1.54, 1.807) is 0 Å². The van der Waals surface area contributed by atoms with E-state index in [9.17, 15) is 9.59 Å². The fourth-order valence-electron chi connectivity index (χ4n) is 3.92. The quantitative estimate of drug-likeness (QED) is 0.585. The number of halogens is 1. The van der Waals surface area contributed by atoms with Crippen LogP contribution >= 0.6 is 15.9 Å². The Labute approximate surface area is 125 Å². The van der Waals surface area contributed by atoms with Crippen molar-refractivity contribution in [2.45, 2.75) is 12.8 Å². The monoisotopic (exact) mass is 331 g/mol. The van der Waals surface area contributed by atoms with Gasteiger partial charge in [-0.15, -0.1) is 0 Å². The number of anilines is 1. The number of carbonyl (C=O) groups excluding carboxylic acids is 2. The van der Waals surface area contributed by atoms with Crippen molar-refractivity contribution in [3.63, 3.8) is 0 Å². The predicted molar refractivity (Wildman–Crippen MR) is 79.0 cm³/mol. The van der Waals surface area contributed by atoms with Crippen LogP contribution in [0.3, 0.4) is 0 Å². The minimum atomic E-state index is -0.130. The van der Waals surface area contributed by atoms with Crippen LogP contribution in [0, 0.1) is 23.7 Å². The number of carbonyl (C=O) groups is 2. The van der Waals surface area contributed by atoms with E-state index in [1.807, 2.05) is 24.3 Å². The first-order chi connectivity index (χ1) is 9.66. The Morgan fingerprint density at radius 3 is 1.85 bits per heavy atom. The van der Waals surface area contributed by atoms with Gasteiger partial charge in [0.1, 0.15) is 0 Å². The molecule has 1 aromatic carbocycles. The molecule has 0 unspecified atom stereocenters. The van der Waals surface area contributed by atoms with E-state index in [1.165, 1.54) is 4.90 Å². The number of fused-ring (bicyclic) bond motifs is 1. The maximum absolute atomic E-state index is 12.7. The Morgan fingerprint density at radius 2 is 1.40 bits per heavy atom. The lowest BCUT2D eigenvalue weighted by Crippen LogP contribution is -2.38. The lowest BCUT2D eigenvalue weighted by Gasteiger charge is -2.38. The summed E-state index contributed by atoms with van der Waals surface area (Å²) in [6.07, 6.45) is 6.36. The standard InChI is InChI=1S/C16H14BrNO2/c17-11-5-7-12(8-6-11)18-15(19)13-9-1-2-10(4-3-9)14(13)16(18)20/h1-2,5-10,13-14H,3-4H2/t9-,10-,13+,14+/m0/s1. The minimum Gasteiger partial charge on any atom is -0.274 e. The molecule has 1 aromatic rings. The molecule has 2 amide bonds. The number of imide groups is 1. The van der Waals surface area contributed by atoms with Crippen molar-refractivity contribution in [2.75, 3.05) is 4.90 Å². The number of hydrogen-bond donors (Lipinski definition) is 0. The Kier molecular flexibility index (Phi) is 2.64. The third-order valence-electron chi connectivity index (χ3n) is 4.84. The summed E-state index contributed by atoms with van der Waals surface area (Å²) in [5.41, 5.74) is 0.692. The second kappa shape index (κ2) is 4.29. The Balaban J connectivity index is 1.75. The molecule has 5 rings (SSSR count). The van der Waals surface area contributed by atoms with Gasteiger partial charge >= 0.3 is 0 Å². The van der Waals surface area contributed by atoms with Gasteiger partial charge in [0.15, 0.2) is 0 Å². The molecule has 4 heteroatoms. The Bertz CT molecular complexity index is 590. The zero-order chi connectivity index (χ0) is 13.9. The van der Waals surface area contributed by atoms with Gasteiger partial charge in [0.05, 0.1) is 17.5 Å². The highest BCUT2D eigenvalue weighted by Crippen LogP contribution is 2.50. The van der Waals surface area contributed by atoms with E-state index in [0.29, 0.717) is 5.69 Å². The molecule has 0 radical (unpaired) electrons. The van der Waals surface area contributed by atoms with Crippen LogP contribution in [-0.2, 0) is 9.59 Å². The van der Waals surface area contributed by atoms with Crippen molar-refractivity contribution in [1.82, 2.24) is 0 Å². The van der Waals surface area contributed by atoms with Crippen LogP contribution in [0.25, 0.3) is 0 Å². The van der Waals surface area contributed by atoms with Crippen LogP contribution in [-0.4, -0.2) is 11.8 Å². The van der Waals surface area contributed by atoms with Crippen LogP contribution < -0.4 is 4.90 Å². The van der Waals surface area contributed by atoms with Gasteiger partial charge in [-0.25, -0.2) is 0 Å². The highest BCUT2D eigenvalue weighted by atomic mass is 79.9. The molecule has 1 aliphatic heterocycles. The summed E-state index contributed by atoms with van der Waals surface area (Å²) in [5.74, 6) is 0.219. The first-order valence-corrected chi connectivity index (χ1v) is 7.78. The third-order valence-corrected chi connectivity index (χ3v) is 5.37. The fraction of sp³-hybridized carbons (Fsp3) is 0.375. The molecular weight excluding hydrogens is 318 g/mol. The zero-order valence-electron chi connectivity index (χ0n) is 10.8. The van der Waals surface area contributed by atoms with Gasteiger partial charge in [-0.2, -0.15) is 0 Å². The largest absolute Gasteiger partial charge is 0.274 e. The number of amides is 2. The van der Waals surface area contributed by atoms with Crippen molar-refractivity contribution in [2.24, 2.45) is 23.7 Å². The minimum absolute atomic E-state index is 0.0126. The molecule has 102 valence electrons. The van der Waals surface area contributed by atoms with E-state index in [4.69, 9.17) is 0 Å². The van der Waals surface area contributed by atoms with Crippen molar-refractivity contribution in [1.29, 1.82) is 0 Å². The van der Waals surface area contributed by atoms with Crippen molar-refractivity contribution >= 4 is 33.4 Å². The van der Waals surface area contributed by atoms with E-state index in [2.05, 4.69) is 28.1 Å². The second-order valence-electron chi connectivity index (χ2n) is 5.83. The number of nitrogens with zero attached hydrogens (tertiary/aromatic N) is 1. The number of rotatable bonds is 1. The molecule has 3 aliphatic carbocycles. The predicted octanol–water partition coefficient (Wildman–Crippen LogP) is 3.15. The summed E-state index contributed by atoms with van der Waals surface area (Å²) in [5, 5.41) is 0. The summed E-state index contributed by atoms with van der Waals surface area (Å²) >= 11 is 3.38. The lowest BCUT2D eigenvalue weighted by atomic mass is 9.63. The van der Waals surface area contributed by atoms with Gasteiger partial charge in [0.25, 0.3) is 0 Å². The normalized spacial score (nSPS) is 34.8. The maximum Gasteiger partial charge on any atom is 0.238 e. The molecule has 1 heterocycles. The van der Waals surface area contributed by atoms with Crippen molar-refractivity contribution in [3.05, 3.63) is 40.9 Å². The van der Waals surface area contributed by atoms with Crippen LogP contribution in [0.4, 0.5) is 5.69 Å². The van der Waals surface area contributed by atoms with Crippen LogP contribution in [0.1, 0.15) is 12.8 Å². The Hall–Kier alpha value is -1.42. The van der Waals surface area contributed by atoms with Crippen molar-refractivity contribution in [3.8, 4) is 0 Å². The number of benzene rings is 1. The van der Waals surface area contributed by atoms with E-state index >= 15 is 0 Å². The first kappa shape index (κ1) is 12.3. The van der Waals surface area contributed by atoms with Crippen LogP contribution in [0.15, 0.2) is 40.9 Å². The summed E-state index contributed by atoms with van der Waals surface area (Å²) in [4.78, 5) is 26.8. The van der Waals surface area contributed by atoms with E-state index in [0.717, 1.165) is 17.3 Å². The first-order valence-electron chi connectivity index (χ1n) is 6.98. The molecule has 2 bridgehead atoms. The maximum atomic E-state index is 12.7. The SMILES string of the molecule is O=C1[C@H]2[C@H](C(=O)N1c1ccc(Br)cc1)[C@H]1C=C[C@H]2CC1. The molecule has 1 saturated carbocycles. The molecule has 4 atom stereocenters. The van der Waals surface area contributed by atoms with E-state index < -0.39 is 0 Å². The summed E-state index contributed by atoms with van der Waals surface area (Å²) in [6, 6.07) is 7.38. The van der Waals surface area contributed by atoms with Gasteiger partial charge in [0.2, 0.25) is 11.8 Å². The molecule has 0 aromatic heterocycles. The highest BCUT2D eigenvalue weighted by Gasteiger charge is 2.56. The van der Waals surface area contributed by atoms with Gasteiger partial charge in [-0.1, -0.05) is 28.1 Å². The fourth-order valence-corrected chi connectivity index (χ4v) is 4.18. The average Bonchev–Trinajstić information content (AvgIpc) is 2.76. The number of allylic oxidation sites excluding steroid dienone is 2. The van der Waals surface area contributed by atoms with Gasteiger partial charge in [-0.3, -0.25) is 14.5 Å². The van der Waals surface area contributed by atoms with Gasteiger partial charge in [-0.05, 0) is 48.9 Å². The summed E-state index contributed by atoms with van der Waals surface area (Å²) in [7, 11) is 0. The topological polar surface area (TPSA) is 37.4 Å². The zero-order valence-corrected chi connectivity index (χ0v) is 12.4. The summed E-state index contributed by atoms with van der Waals surface area (Å²) in [6.45, 7) is 0. The average molecular weight is 332 g/mol. The van der Waals surface area contributed by atoms with Crippen LogP contribution in [0.2, 0.25) is 0 Å². The number of hydrogen-bond acceptors (Lipinski definition) is 2. The Morgan fingerprint density at radius 1 is 0.900 bits per heavy atom. The molecular formula is C16H14BrNO2. The molecule has 20 heavy (non-hydrogen) atoms. The van der Waals surface area contributed by atoms with Crippen molar-refractivity contribution < 1.29 is 9.59 Å². The molecule has 0 spiro atoms. The third kappa shape index (κ3) is 1.57. The van der Waals surface area contributed by atoms with Crippen LogP contribution in [0.5, 0.6) is 0 Å². The molecule has 3 nitrogen and oxygen atoms in total. The van der Waals surface area contributed by atoms with Gasteiger partial charge in [0, 0.05) is 4.47 Å². The molecule has 1 saturated heterocycles. The molecule has 2 fully saturated rings. The molecule has 0 N–H and O–H groups in total. The summed E-state index contributed by atoms with van der Waals surface area (Å²) < 4.78 is 0.944. The lowest BCUT2D eigenvalue weighted by molar-refractivity contribution is -0.124. The smallest absolute Gasteiger partial charge is 0.238 e. The van der Waals surface area contributed by atoms with Gasteiger partial charge < -0.3 is 0 Å².